The highest BCUT2D eigenvalue weighted by molar-refractivity contribution is 5.85. The van der Waals surface area contributed by atoms with E-state index in [0.717, 1.165) is 24.8 Å². The lowest BCUT2D eigenvalue weighted by molar-refractivity contribution is 0.156. The van der Waals surface area contributed by atoms with E-state index in [0.29, 0.717) is 6.04 Å². The van der Waals surface area contributed by atoms with Crippen LogP contribution in [0.5, 0.6) is 5.75 Å². The number of piperazine rings is 1. The molecule has 1 N–H and O–H groups in total. The second-order valence-electron chi connectivity index (χ2n) is 5.80. The third-order valence-corrected chi connectivity index (χ3v) is 4.37. The van der Waals surface area contributed by atoms with Crippen molar-refractivity contribution in [3.63, 3.8) is 0 Å². The van der Waals surface area contributed by atoms with Gasteiger partial charge in [-0.15, -0.1) is 24.8 Å². The fourth-order valence-electron chi connectivity index (χ4n) is 3.24. The average Bonchev–Trinajstić information content (AvgIpc) is 3.25. The zero-order chi connectivity index (χ0) is 13.2. The Morgan fingerprint density at radius 2 is 1.86 bits per heavy atom. The van der Waals surface area contributed by atoms with Crippen molar-refractivity contribution < 1.29 is 4.74 Å². The van der Waals surface area contributed by atoms with Crippen LogP contribution in [0.25, 0.3) is 0 Å². The molecular formula is C16H26Cl2N2O. The molecule has 21 heavy (non-hydrogen) atoms. The Bertz CT molecular complexity index is 446. The van der Waals surface area contributed by atoms with Crippen LogP contribution in [-0.4, -0.2) is 38.2 Å². The van der Waals surface area contributed by atoms with E-state index < -0.39 is 0 Å². The molecule has 1 aliphatic carbocycles. The Labute approximate surface area is 140 Å². The zero-order valence-corrected chi connectivity index (χ0v) is 14.4. The third kappa shape index (κ3) is 4.26. The maximum absolute atomic E-state index is 5.38. The number of benzene rings is 1. The molecule has 0 bridgehead atoms. The fourth-order valence-corrected chi connectivity index (χ4v) is 3.24. The van der Waals surface area contributed by atoms with Crippen LogP contribution in [0, 0.1) is 12.8 Å². The normalized spacial score (nSPS) is 20.1. The minimum atomic E-state index is 0. The van der Waals surface area contributed by atoms with Gasteiger partial charge in [0.25, 0.3) is 0 Å². The van der Waals surface area contributed by atoms with Gasteiger partial charge in [0.05, 0.1) is 7.11 Å². The number of nitrogens with zero attached hydrogens (tertiary/aromatic N) is 1. The molecule has 0 unspecified atom stereocenters. The van der Waals surface area contributed by atoms with Crippen molar-refractivity contribution in [1.29, 1.82) is 0 Å². The quantitative estimate of drug-likeness (QED) is 0.916. The van der Waals surface area contributed by atoms with Gasteiger partial charge in [0.2, 0.25) is 0 Å². The lowest BCUT2D eigenvalue weighted by atomic mass is 9.98. The molecular weight excluding hydrogens is 307 g/mol. The summed E-state index contributed by atoms with van der Waals surface area (Å²) in [6, 6.07) is 7.33. The highest BCUT2D eigenvalue weighted by Crippen LogP contribution is 2.45. The van der Waals surface area contributed by atoms with Crippen molar-refractivity contribution in [3.8, 4) is 5.75 Å². The van der Waals surface area contributed by atoms with Crippen molar-refractivity contribution in [2.45, 2.75) is 25.8 Å². The first-order chi connectivity index (χ1) is 9.29. The van der Waals surface area contributed by atoms with Gasteiger partial charge in [-0.05, 0) is 42.9 Å². The van der Waals surface area contributed by atoms with Crippen molar-refractivity contribution in [3.05, 3.63) is 29.3 Å². The molecule has 0 amide bonds. The topological polar surface area (TPSA) is 24.5 Å². The summed E-state index contributed by atoms with van der Waals surface area (Å²) in [6.07, 6.45) is 2.78. The van der Waals surface area contributed by atoms with E-state index in [2.05, 4.69) is 35.3 Å². The summed E-state index contributed by atoms with van der Waals surface area (Å²) in [4.78, 5) is 2.66. The van der Waals surface area contributed by atoms with E-state index in [9.17, 15) is 0 Å². The molecule has 3 nitrogen and oxygen atoms in total. The molecule has 0 radical (unpaired) electrons. The Morgan fingerprint density at radius 1 is 1.19 bits per heavy atom. The van der Waals surface area contributed by atoms with Crippen LogP contribution in [0.4, 0.5) is 0 Å². The summed E-state index contributed by atoms with van der Waals surface area (Å²) in [5.41, 5.74) is 2.73. The highest BCUT2D eigenvalue weighted by Gasteiger charge is 2.36. The number of hydrogen-bond donors (Lipinski definition) is 1. The molecule has 3 rings (SSSR count). The number of ether oxygens (including phenoxy) is 1. The predicted octanol–water partition coefficient (Wildman–Crippen LogP) is 3.20. The summed E-state index contributed by atoms with van der Waals surface area (Å²) in [7, 11) is 1.75. The van der Waals surface area contributed by atoms with Gasteiger partial charge in [-0.2, -0.15) is 0 Å². The predicted molar refractivity (Wildman–Crippen MR) is 92.1 cm³/mol. The molecule has 0 spiro atoms. The third-order valence-electron chi connectivity index (χ3n) is 4.37. The first-order valence-corrected chi connectivity index (χ1v) is 7.39. The highest BCUT2D eigenvalue weighted by atomic mass is 35.5. The number of methoxy groups -OCH3 is 1. The number of rotatable bonds is 4. The molecule has 1 aromatic rings. The molecule has 1 heterocycles. The van der Waals surface area contributed by atoms with Crippen LogP contribution < -0.4 is 10.1 Å². The maximum atomic E-state index is 5.38. The molecule has 1 aromatic carbocycles. The largest absolute Gasteiger partial charge is 0.496 e. The summed E-state index contributed by atoms with van der Waals surface area (Å²) < 4.78 is 5.38. The molecule has 2 fully saturated rings. The first-order valence-electron chi connectivity index (χ1n) is 7.39. The van der Waals surface area contributed by atoms with Gasteiger partial charge in [-0.1, -0.05) is 12.1 Å². The standard InChI is InChI=1S/C16H24N2O.2ClH/c1-12-11-14(5-6-15(12)19-2)16(13-3-4-13)18-9-7-17-8-10-18;;/h5-6,11,13,16-17H,3-4,7-10H2,1-2H3;2*1H/t16-;;/m0../s1. The van der Waals surface area contributed by atoms with Crippen molar-refractivity contribution in [2.24, 2.45) is 5.92 Å². The first kappa shape index (κ1) is 18.6. The van der Waals surface area contributed by atoms with Gasteiger partial charge >= 0.3 is 0 Å². The minimum absolute atomic E-state index is 0. The monoisotopic (exact) mass is 332 g/mol. The SMILES string of the molecule is COc1ccc([C@H](C2CC2)N2CCNCC2)cc1C.Cl.Cl. The van der Waals surface area contributed by atoms with Crippen LogP contribution in [0.15, 0.2) is 18.2 Å². The Morgan fingerprint density at radius 3 is 2.38 bits per heavy atom. The number of halogens is 2. The van der Waals surface area contributed by atoms with E-state index in [-0.39, 0.29) is 24.8 Å². The van der Waals surface area contributed by atoms with Crippen LogP contribution in [0.2, 0.25) is 0 Å². The van der Waals surface area contributed by atoms with Gasteiger partial charge in [0.15, 0.2) is 0 Å². The van der Waals surface area contributed by atoms with Gasteiger partial charge in [-0.25, -0.2) is 0 Å². The Balaban J connectivity index is 0.00000110. The van der Waals surface area contributed by atoms with Gasteiger partial charge in [0.1, 0.15) is 5.75 Å². The summed E-state index contributed by atoms with van der Waals surface area (Å²) in [5.74, 6) is 1.87. The van der Waals surface area contributed by atoms with Crippen molar-refractivity contribution in [2.75, 3.05) is 33.3 Å². The van der Waals surface area contributed by atoms with E-state index in [1.54, 1.807) is 7.11 Å². The Kier molecular flexibility index (Phi) is 7.28. The number of aryl methyl sites for hydroxylation is 1. The second kappa shape index (κ2) is 8.23. The molecule has 1 saturated heterocycles. The Hall–Kier alpha value is -0.480. The number of nitrogens with one attached hydrogen (secondary N) is 1. The molecule has 1 atom stereocenters. The smallest absolute Gasteiger partial charge is 0.121 e. The average molecular weight is 333 g/mol. The molecule has 120 valence electrons. The van der Waals surface area contributed by atoms with Gasteiger partial charge in [0, 0.05) is 32.2 Å². The fraction of sp³-hybridized carbons (Fsp3) is 0.625. The molecule has 2 aliphatic rings. The van der Waals surface area contributed by atoms with E-state index in [1.165, 1.54) is 37.1 Å². The van der Waals surface area contributed by atoms with Crippen LogP contribution in [0.3, 0.4) is 0 Å². The second-order valence-corrected chi connectivity index (χ2v) is 5.80. The van der Waals surface area contributed by atoms with Crippen LogP contribution in [-0.2, 0) is 0 Å². The zero-order valence-electron chi connectivity index (χ0n) is 12.8. The van der Waals surface area contributed by atoms with Gasteiger partial charge < -0.3 is 10.1 Å². The minimum Gasteiger partial charge on any atom is -0.496 e. The van der Waals surface area contributed by atoms with Crippen LogP contribution >= 0.6 is 24.8 Å². The summed E-state index contributed by atoms with van der Waals surface area (Å²) in [6.45, 7) is 6.74. The van der Waals surface area contributed by atoms with Crippen molar-refractivity contribution >= 4 is 24.8 Å². The van der Waals surface area contributed by atoms with E-state index in [1.807, 2.05) is 0 Å². The molecule has 0 aromatic heterocycles. The lowest BCUT2D eigenvalue weighted by Crippen LogP contribution is -2.45. The lowest BCUT2D eigenvalue weighted by Gasteiger charge is -2.35. The van der Waals surface area contributed by atoms with Gasteiger partial charge in [-0.3, -0.25) is 4.90 Å². The molecule has 1 saturated carbocycles. The van der Waals surface area contributed by atoms with E-state index in [4.69, 9.17) is 4.74 Å². The maximum Gasteiger partial charge on any atom is 0.121 e. The van der Waals surface area contributed by atoms with Crippen LogP contribution in [0.1, 0.15) is 30.0 Å². The summed E-state index contributed by atoms with van der Waals surface area (Å²) in [5, 5.41) is 3.45. The molecule has 5 heteroatoms. The van der Waals surface area contributed by atoms with Crippen molar-refractivity contribution in [1.82, 2.24) is 10.2 Å². The summed E-state index contributed by atoms with van der Waals surface area (Å²) >= 11 is 0. The van der Waals surface area contributed by atoms with E-state index >= 15 is 0 Å². The molecule has 1 aliphatic heterocycles. The number of hydrogen-bond acceptors (Lipinski definition) is 3.